The molecule has 0 aliphatic carbocycles. The Kier molecular flexibility index (Phi) is 6.56. The van der Waals surface area contributed by atoms with Gasteiger partial charge in [0, 0.05) is 30.3 Å². The summed E-state index contributed by atoms with van der Waals surface area (Å²) in [5.41, 5.74) is 2.97. The summed E-state index contributed by atoms with van der Waals surface area (Å²) in [7, 11) is 0. The molecule has 2 aromatic rings. The van der Waals surface area contributed by atoms with Crippen LogP contribution in [0.15, 0.2) is 79.9 Å². The normalized spacial score (nSPS) is 11.5. The number of carbonyl (C=O) groups is 1. The van der Waals surface area contributed by atoms with Crippen molar-refractivity contribution in [2.45, 2.75) is 13.3 Å². The summed E-state index contributed by atoms with van der Waals surface area (Å²) < 4.78 is 0. The van der Waals surface area contributed by atoms with Crippen molar-refractivity contribution in [3.8, 4) is 0 Å². The summed E-state index contributed by atoms with van der Waals surface area (Å²) in [5, 5.41) is 0. The van der Waals surface area contributed by atoms with Gasteiger partial charge in [-0.2, -0.15) is 0 Å². The van der Waals surface area contributed by atoms with E-state index in [-0.39, 0.29) is 11.7 Å². The smallest absolute Gasteiger partial charge is 0.166 e. The molecule has 0 saturated heterocycles. The molecule has 0 aliphatic heterocycles. The molecule has 0 heterocycles. The van der Waals surface area contributed by atoms with E-state index in [0.717, 1.165) is 30.8 Å². The van der Waals surface area contributed by atoms with E-state index < -0.39 is 0 Å². The second-order valence-electron chi connectivity index (χ2n) is 5.99. The molecule has 0 aliphatic rings. The van der Waals surface area contributed by atoms with E-state index in [1.54, 1.807) is 0 Å². The van der Waals surface area contributed by atoms with Crippen LogP contribution in [0.3, 0.4) is 0 Å². The summed E-state index contributed by atoms with van der Waals surface area (Å²) in [4.78, 5) is 14.9. The van der Waals surface area contributed by atoms with Crippen LogP contribution >= 0.6 is 0 Å². The first-order chi connectivity index (χ1) is 11.7. The lowest BCUT2D eigenvalue weighted by atomic mass is 9.92. The van der Waals surface area contributed by atoms with E-state index in [2.05, 4.69) is 30.2 Å². The van der Waals surface area contributed by atoms with Crippen LogP contribution in [0.2, 0.25) is 0 Å². The van der Waals surface area contributed by atoms with Gasteiger partial charge in [0.15, 0.2) is 5.78 Å². The first-order valence-corrected chi connectivity index (χ1v) is 8.30. The quantitative estimate of drug-likeness (QED) is 0.482. The summed E-state index contributed by atoms with van der Waals surface area (Å²) in [6, 6.07) is 18.0. The lowest BCUT2D eigenvalue weighted by Gasteiger charge is -2.22. The fourth-order valence-corrected chi connectivity index (χ4v) is 2.80. The highest BCUT2D eigenvalue weighted by molar-refractivity contribution is 5.98. The van der Waals surface area contributed by atoms with Crippen molar-refractivity contribution in [2.75, 3.05) is 18.0 Å². The number of hydrogen-bond acceptors (Lipinski definition) is 2. The van der Waals surface area contributed by atoms with Gasteiger partial charge in [-0.1, -0.05) is 61.5 Å². The summed E-state index contributed by atoms with van der Waals surface area (Å²) in [6.07, 6.45) is 4.47. The predicted octanol–water partition coefficient (Wildman–Crippen LogP) is 4.93. The molecule has 0 saturated carbocycles. The Bertz CT molecular complexity index is 680. The maximum Gasteiger partial charge on any atom is 0.166 e. The molecule has 0 bridgehead atoms. The zero-order valence-electron chi connectivity index (χ0n) is 14.3. The van der Waals surface area contributed by atoms with Crippen LogP contribution in [0.5, 0.6) is 0 Å². The lowest BCUT2D eigenvalue weighted by molar-refractivity contribution is 0.0929. The second kappa shape index (κ2) is 8.88. The Morgan fingerprint density at radius 1 is 1.04 bits per heavy atom. The Balaban J connectivity index is 2.15. The van der Waals surface area contributed by atoms with Gasteiger partial charge in [-0.3, -0.25) is 4.79 Å². The van der Waals surface area contributed by atoms with Crippen molar-refractivity contribution in [3.05, 3.63) is 91.0 Å². The second-order valence-corrected chi connectivity index (χ2v) is 5.99. The third kappa shape index (κ3) is 4.69. The molecule has 0 amide bonds. The van der Waals surface area contributed by atoms with Gasteiger partial charge in [-0.15, -0.1) is 13.2 Å². The van der Waals surface area contributed by atoms with Crippen LogP contribution in [0.1, 0.15) is 22.8 Å². The number of carbonyl (C=O) groups excluding carboxylic acids is 1. The average molecular weight is 319 g/mol. The molecule has 0 N–H and O–H groups in total. The lowest BCUT2D eigenvalue weighted by Crippen LogP contribution is -2.23. The zero-order chi connectivity index (χ0) is 17.4. The van der Waals surface area contributed by atoms with Gasteiger partial charge >= 0.3 is 0 Å². The van der Waals surface area contributed by atoms with Crippen molar-refractivity contribution in [1.29, 1.82) is 0 Å². The van der Waals surface area contributed by atoms with E-state index >= 15 is 0 Å². The number of anilines is 1. The number of Topliss-reactive ketones (excluding diaryl/α,β-unsaturated/α-hetero) is 1. The van der Waals surface area contributed by atoms with Crippen molar-refractivity contribution in [1.82, 2.24) is 0 Å². The summed E-state index contributed by atoms with van der Waals surface area (Å²) in [5.74, 6) is 0.132. The number of nitrogens with zero attached hydrogens (tertiary/aromatic N) is 1. The average Bonchev–Trinajstić information content (AvgIpc) is 2.62. The van der Waals surface area contributed by atoms with Crippen LogP contribution in [0.25, 0.3) is 0 Å². The van der Waals surface area contributed by atoms with E-state index in [1.807, 2.05) is 61.5 Å². The molecular weight excluding hydrogens is 294 g/mol. The molecule has 1 unspecified atom stereocenters. The molecule has 2 nitrogen and oxygen atoms in total. The molecule has 0 fully saturated rings. The molecule has 0 aromatic heterocycles. The maximum atomic E-state index is 12.8. The van der Waals surface area contributed by atoms with Crippen LogP contribution in [-0.2, 0) is 6.42 Å². The molecule has 2 rings (SSSR count). The Labute approximate surface area is 145 Å². The Hall–Kier alpha value is -2.61. The highest BCUT2D eigenvalue weighted by Crippen LogP contribution is 2.20. The fourth-order valence-electron chi connectivity index (χ4n) is 2.80. The van der Waals surface area contributed by atoms with Crippen molar-refractivity contribution < 1.29 is 4.79 Å². The first kappa shape index (κ1) is 17.7. The maximum absolute atomic E-state index is 12.8. The van der Waals surface area contributed by atoms with E-state index in [9.17, 15) is 4.79 Å². The largest absolute Gasteiger partial charge is 0.364 e. The molecule has 0 radical (unpaired) electrons. The van der Waals surface area contributed by atoms with E-state index in [1.165, 1.54) is 5.56 Å². The Morgan fingerprint density at radius 3 is 2.33 bits per heavy atom. The first-order valence-electron chi connectivity index (χ1n) is 8.30. The van der Waals surface area contributed by atoms with Gasteiger partial charge in [0.2, 0.25) is 0 Å². The Morgan fingerprint density at radius 2 is 1.71 bits per heavy atom. The number of hydrogen-bond donors (Lipinski definition) is 0. The van der Waals surface area contributed by atoms with Crippen molar-refractivity contribution in [3.63, 3.8) is 0 Å². The third-order valence-corrected chi connectivity index (χ3v) is 4.03. The van der Waals surface area contributed by atoms with Gasteiger partial charge in [0.1, 0.15) is 0 Å². The van der Waals surface area contributed by atoms with Gasteiger partial charge in [0.25, 0.3) is 0 Å². The summed E-state index contributed by atoms with van der Waals surface area (Å²) in [6.45, 7) is 11.0. The zero-order valence-corrected chi connectivity index (χ0v) is 14.3. The predicted molar refractivity (Wildman–Crippen MR) is 103 cm³/mol. The van der Waals surface area contributed by atoms with Gasteiger partial charge in [0.05, 0.1) is 0 Å². The van der Waals surface area contributed by atoms with E-state index in [4.69, 9.17) is 0 Å². The highest BCUT2D eigenvalue weighted by Gasteiger charge is 2.16. The van der Waals surface area contributed by atoms with Crippen LogP contribution in [-0.4, -0.2) is 18.9 Å². The monoisotopic (exact) mass is 319 g/mol. The number of rotatable bonds is 9. The van der Waals surface area contributed by atoms with Crippen LogP contribution in [0, 0.1) is 5.92 Å². The number of benzene rings is 2. The molecule has 1 atom stereocenters. The van der Waals surface area contributed by atoms with Gasteiger partial charge in [-0.05, 0) is 24.1 Å². The van der Waals surface area contributed by atoms with Crippen molar-refractivity contribution >= 4 is 11.5 Å². The van der Waals surface area contributed by atoms with Crippen LogP contribution < -0.4 is 4.90 Å². The minimum absolute atomic E-state index is 0.0464. The van der Waals surface area contributed by atoms with Crippen LogP contribution in [0.4, 0.5) is 5.69 Å². The molecule has 2 aromatic carbocycles. The standard InChI is InChI=1S/C22H25NO/c1-4-14-23(15-5-2)21-13-9-12-20(17-21)22(24)18(3)16-19-10-7-6-8-11-19/h4-13,17-18H,1-2,14-16H2,3H3. The molecule has 24 heavy (non-hydrogen) atoms. The SMILES string of the molecule is C=CCN(CC=C)c1cccc(C(=O)C(C)Cc2ccccc2)c1. The van der Waals surface area contributed by atoms with Crippen molar-refractivity contribution in [2.24, 2.45) is 5.92 Å². The summed E-state index contributed by atoms with van der Waals surface area (Å²) >= 11 is 0. The highest BCUT2D eigenvalue weighted by atomic mass is 16.1. The third-order valence-electron chi connectivity index (χ3n) is 4.03. The molecule has 0 spiro atoms. The van der Waals surface area contributed by atoms with Gasteiger partial charge < -0.3 is 4.90 Å². The molecule has 2 heteroatoms. The minimum Gasteiger partial charge on any atom is -0.364 e. The number of ketones is 1. The van der Waals surface area contributed by atoms with Gasteiger partial charge in [-0.25, -0.2) is 0 Å². The topological polar surface area (TPSA) is 20.3 Å². The molecule has 124 valence electrons. The van der Waals surface area contributed by atoms with E-state index in [0.29, 0.717) is 0 Å². The molecular formula is C22H25NO. The minimum atomic E-state index is -0.0464. The fraction of sp³-hybridized carbons (Fsp3) is 0.227.